The van der Waals surface area contributed by atoms with Crippen LogP contribution in [0.25, 0.3) is 0 Å². The Morgan fingerprint density at radius 3 is 2.89 bits per heavy atom. The highest BCUT2D eigenvalue weighted by molar-refractivity contribution is 5.81. The molecule has 104 valence electrons. The second-order valence-corrected chi connectivity index (χ2v) is 5.10. The monoisotopic (exact) mass is 255 g/mol. The topological polar surface area (TPSA) is 53.6 Å². The Labute approximate surface area is 109 Å². The third-order valence-corrected chi connectivity index (χ3v) is 3.68. The van der Waals surface area contributed by atoms with E-state index in [4.69, 9.17) is 4.74 Å². The van der Waals surface area contributed by atoms with Crippen molar-refractivity contribution in [2.24, 2.45) is 0 Å². The summed E-state index contributed by atoms with van der Waals surface area (Å²) < 4.78 is 5.30. The molecule has 0 bridgehead atoms. The molecule has 0 aromatic carbocycles. The van der Waals surface area contributed by atoms with Crippen LogP contribution in [0.4, 0.5) is 0 Å². The van der Waals surface area contributed by atoms with Gasteiger partial charge in [0.1, 0.15) is 0 Å². The van der Waals surface area contributed by atoms with Gasteiger partial charge >= 0.3 is 0 Å². The van der Waals surface area contributed by atoms with E-state index in [1.165, 1.54) is 12.8 Å². The van der Waals surface area contributed by atoms with Gasteiger partial charge in [0, 0.05) is 19.6 Å². The van der Waals surface area contributed by atoms with Crippen molar-refractivity contribution in [2.45, 2.75) is 31.7 Å². The van der Waals surface area contributed by atoms with E-state index in [2.05, 4.69) is 15.5 Å². The SMILES string of the molecule is O=C(NCCCN1CCOCC1)[C@H]1CCCCN1. The molecule has 0 spiro atoms. The second kappa shape index (κ2) is 7.71. The van der Waals surface area contributed by atoms with Crippen molar-refractivity contribution in [1.29, 1.82) is 0 Å². The fourth-order valence-electron chi connectivity index (χ4n) is 2.54. The standard InChI is InChI=1S/C13H25N3O2/c17-13(12-4-1-2-5-14-12)15-6-3-7-16-8-10-18-11-9-16/h12,14H,1-11H2,(H,15,17)/t12-/m1/s1. The molecule has 1 amide bonds. The number of ether oxygens (including phenoxy) is 1. The molecule has 2 rings (SSSR count). The van der Waals surface area contributed by atoms with Gasteiger partial charge in [-0.05, 0) is 32.4 Å². The highest BCUT2D eigenvalue weighted by atomic mass is 16.5. The van der Waals surface area contributed by atoms with Crippen LogP contribution in [-0.4, -0.2) is 62.8 Å². The summed E-state index contributed by atoms with van der Waals surface area (Å²) >= 11 is 0. The summed E-state index contributed by atoms with van der Waals surface area (Å²) in [6.45, 7) is 6.56. The minimum absolute atomic E-state index is 0.0436. The Morgan fingerprint density at radius 2 is 2.17 bits per heavy atom. The molecule has 0 aromatic heterocycles. The fraction of sp³-hybridized carbons (Fsp3) is 0.923. The summed E-state index contributed by atoms with van der Waals surface area (Å²) in [4.78, 5) is 14.2. The van der Waals surface area contributed by atoms with Gasteiger partial charge in [0.2, 0.25) is 5.91 Å². The van der Waals surface area contributed by atoms with Gasteiger partial charge in [-0.2, -0.15) is 0 Å². The summed E-state index contributed by atoms with van der Waals surface area (Å²) in [5.74, 6) is 0.177. The second-order valence-electron chi connectivity index (χ2n) is 5.10. The normalized spacial score (nSPS) is 25.9. The summed E-state index contributed by atoms with van der Waals surface area (Å²) in [6, 6.07) is 0.0436. The number of carbonyl (C=O) groups excluding carboxylic acids is 1. The van der Waals surface area contributed by atoms with Gasteiger partial charge in [-0.1, -0.05) is 6.42 Å². The van der Waals surface area contributed by atoms with Crippen molar-refractivity contribution < 1.29 is 9.53 Å². The number of amides is 1. The molecule has 2 N–H and O–H groups in total. The Morgan fingerprint density at radius 1 is 1.33 bits per heavy atom. The first-order chi connectivity index (χ1) is 8.86. The average molecular weight is 255 g/mol. The first-order valence-corrected chi connectivity index (χ1v) is 7.17. The van der Waals surface area contributed by atoms with Gasteiger partial charge < -0.3 is 15.4 Å². The number of piperidine rings is 1. The number of nitrogens with zero attached hydrogens (tertiary/aromatic N) is 1. The van der Waals surface area contributed by atoms with Crippen molar-refractivity contribution in [2.75, 3.05) is 45.9 Å². The Kier molecular flexibility index (Phi) is 5.90. The molecule has 0 aliphatic carbocycles. The highest BCUT2D eigenvalue weighted by Crippen LogP contribution is 2.06. The van der Waals surface area contributed by atoms with Crippen LogP contribution in [-0.2, 0) is 9.53 Å². The number of rotatable bonds is 5. The van der Waals surface area contributed by atoms with Crippen molar-refractivity contribution in [1.82, 2.24) is 15.5 Å². The van der Waals surface area contributed by atoms with Crippen LogP contribution in [0.3, 0.4) is 0 Å². The first-order valence-electron chi connectivity index (χ1n) is 7.17. The van der Waals surface area contributed by atoms with Crippen LogP contribution >= 0.6 is 0 Å². The van der Waals surface area contributed by atoms with Crippen molar-refractivity contribution >= 4 is 5.91 Å². The number of carbonyl (C=O) groups is 1. The average Bonchev–Trinajstić information content (AvgIpc) is 2.45. The molecule has 2 aliphatic rings. The maximum atomic E-state index is 11.8. The Hall–Kier alpha value is -0.650. The molecule has 18 heavy (non-hydrogen) atoms. The summed E-state index contributed by atoms with van der Waals surface area (Å²) in [5, 5.41) is 6.30. The summed E-state index contributed by atoms with van der Waals surface area (Å²) in [7, 11) is 0. The first kappa shape index (κ1) is 13.8. The van der Waals surface area contributed by atoms with E-state index in [1.807, 2.05) is 0 Å². The molecule has 2 heterocycles. The maximum Gasteiger partial charge on any atom is 0.237 e. The maximum absolute atomic E-state index is 11.8. The number of nitrogens with one attached hydrogen (secondary N) is 2. The van der Waals surface area contributed by atoms with Gasteiger partial charge in [0.15, 0.2) is 0 Å². The molecular formula is C13H25N3O2. The molecular weight excluding hydrogens is 230 g/mol. The zero-order chi connectivity index (χ0) is 12.6. The van der Waals surface area contributed by atoms with E-state index in [-0.39, 0.29) is 11.9 Å². The zero-order valence-corrected chi connectivity index (χ0v) is 11.1. The van der Waals surface area contributed by atoms with Crippen molar-refractivity contribution in [3.8, 4) is 0 Å². The predicted octanol–water partition coefficient (Wildman–Crippen LogP) is -0.0330. The van der Waals surface area contributed by atoms with Gasteiger partial charge in [0.25, 0.3) is 0 Å². The van der Waals surface area contributed by atoms with Crippen molar-refractivity contribution in [3.63, 3.8) is 0 Å². The van der Waals surface area contributed by atoms with Crippen LogP contribution in [0.2, 0.25) is 0 Å². The molecule has 0 aromatic rings. The van der Waals surface area contributed by atoms with Crippen LogP contribution in [0.15, 0.2) is 0 Å². The van der Waals surface area contributed by atoms with Gasteiger partial charge in [-0.3, -0.25) is 9.69 Å². The number of hydrogen-bond donors (Lipinski definition) is 2. The smallest absolute Gasteiger partial charge is 0.237 e. The van der Waals surface area contributed by atoms with Crippen molar-refractivity contribution in [3.05, 3.63) is 0 Å². The molecule has 0 radical (unpaired) electrons. The number of hydrogen-bond acceptors (Lipinski definition) is 4. The number of morpholine rings is 1. The fourth-order valence-corrected chi connectivity index (χ4v) is 2.54. The molecule has 2 fully saturated rings. The minimum atomic E-state index is 0.0436. The molecule has 5 nitrogen and oxygen atoms in total. The van der Waals surface area contributed by atoms with E-state index in [0.29, 0.717) is 0 Å². The lowest BCUT2D eigenvalue weighted by atomic mass is 10.0. The van der Waals surface area contributed by atoms with E-state index in [9.17, 15) is 4.79 Å². The lowest BCUT2D eigenvalue weighted by molar-refractivity contribution is -0.123. The van der Waals surface area contributed by atoms with E-state index >= 15 is 0 Å². The van der Waals surface area contributed by atoms with E-state index in [0.717, 1.165) is 58.8 Å². The van der Waals surface area contributed by atoms with Crippen LogP contribution in [0.1, 0.15) is 25.7 Å². The van der Waals surface area contributed by atoms with E-state index < -0.39 is 0 Å². The van der Waals surface area contributed by atoms with Gasteiger partial charge in [-0.15, -0.1) is 0 Å². The summed E-state index contributed by atoms with van der Waals surface area (Å²) in [5.41, 5.74) is 0. The predicted molar refractivity (Wildman–Crippen MR) is 70.5 cm³/mol. The quantitative estimate of drug-likeness (QED) is 0.677. The molecule has 5 heteroatoms. The largest absolute Gasteiger partial charge is 0.379 e. The lowest BCUT2D eigenvalue weighted by Gasteiger charge is -2.26. The van der Waals surface area contributed by atoms with Crippen LogP contribution in [0.5, 0.6) is 0 Å². The van der Waals surface area contributed by atoms with E-state index in [1.54, 1.807) is 0 Å². The highest BCUT2D eigenvalue weighted by Gasteiger charge is 2.19. The third kappa shape index (κ3) is 4.55. The van der Waals surface area contributed by atoms with Gasteiger partial charge in [-0.25, -0.2) is 0 Å². The Balaban J connectivity index is 1.52. The van der Waals surface area contributed by atoms with Crippen LogP contribution in [0, 0.1) is 0 Å². The molecule has 0 unspecified atom stereocenters. The molecule has 2 aliphatic heterocycles. The third-order valence-electron chi connectivity index (χ3n) is 3.68. The molecule has 2 saturated heterocycles. The zero-order valence-electron chi connectivity index (χ0n) is 11.1. The Bertz CT molecular complexity index is 249. The summed E-state index contributed by atoms with van der Waals surface area (Å²) in [6.07, 6.45) is 4.37. The molecule has 1 atom stereocenters. The van der Waals surface area contributed by atoms with Gasteiger partial charge in [0.05, 0.1) is 19.3 Å². The minimum Gasteiger partial charge on any atom is -0.379 e. The molecule has 0 saturated carbocycles. The van der Waals surface area contributed by atoms with Crippen LogP contribution < -0.4 is 10.6 Å². The lowest BCUT2D eigenvalue weighted by Crippen LogP contribution is -2.47.